The summed E-state index contributed by atoms with van der Waals surface area (Å²) in [4.78, 5) is 0. The van der Waals surface area contributed by atoms with E-state index in [-0.39, 0.29) is 35.6 Å². The molecular formula is C47H62Cl2SiZr. The molecule has 4 aromatic carbocycles. The fourth-order valence-corrected chi connectivity index (χ4v) is 30.0. The third kappa shape index (κ3) is 7.56. The van der Waals surface area contributed by atoms with Crippen LogP contribution >= 0.6 is 24.8 Å². The molecule has 0 heterocycles. The van der Waals surface area contributed by atoms with Gasteiger partial charge in [0.2, 0.25) is 0 Å². The maximum Gasteiger partial charge on any atom is -0.147 e. The molecule has 2 aliphatic rings. The van der Waals surface area contributed by atoms with E-state index in [4.69, 9.17) is 0 Å². The zero-order chi connectivity index (χ0) is 35.7. The first-order chi connectivity index (χ1) is 22.8. The van der Waals surface area contributed by atoms with Gasteiger partial charge in [0.15, 0.2) is 0 Å². The molecule has 3 unspecified atom stereocenters. The van der Waals surface area contributed by atoms with E-state index in [1.807, 2.05) is 0 Å². The van der Waals surface area contributed by atoms with E-state index in [9.17, 15) is 0 Å². The summed E-state index contributed by atoms with van der Waals surface area (Å²) in [7, 11) is 0. The van der Waals surface area contributed by atoms with Gasteiger partial charge in [-0.3, -0.25) is 0 Å². The molecule has 0 saturated carbocycles. The topological polar surface area (TPSA) is 0 Å². The number of hydrogen-bond acceptors (Lipinski definition) is 0. The van der Waals surface area contributed by atoms with Crippen molar-refractivity contribution in [2.45, 2.75) is 109 Å². The predicted octanol–water partition coefficient (Wildman–Crippen LogP) is 14.1. The van der Waals surface area contributed by atoms with Crippen LogP contribution in [0.4, 0.5) is 0 Å². The molecule has 0 radical (unpaired) electrons. The van der Waals surface area contributed by atoms with Crippen LogP contribution in [-0.2, 0) is 28.2 Å². The van der Waals surface area contributed by atoms with Gasteiger partial charge in [-0.25, -0.2) is 0 Å². The summed E-state index contributed by atoms with van der Waals surface area (Å²) >= 11 is -3.76. The summed E-state index contributed by atoms with van der Waals surface area (Å²) in [6.07, 6.45) is 7.70. The third-order valence-electron chi connectivity index (χ3n) is 12.0. The van der Waals surface area contributed by atoms with E-state index in [1.165, 1.54) is 62.9 Å². The Morgan fingerprint density at radius 3 is 1.67 bits per heavy atom. The van der Waals surface area contributed by atoms with Crippen molar-refractivity contribution in [2.75, 3.05) is 0 Å². The summed E-state index contributed by atoms with van der Waals surface area (Å²) < 4.78 is 6.63. The van der Waals surface area contributed by atoms with E-state index < -0.39 is 17.4 Å². The monoisotopic (exact) mass is 814 g/mol. The first kappa shape index (κ1) is 41.8. The van der Waals surface area contributed by atoms with Gasteiger partial charge in [-0.05, 0) is 0 Å². The Labute approximate surface area is 325 Å². The van der Waals surface area contributed by atoms with Crippen LogP contribution in [0.15, 0.2) is 90.0 Å². The molecule has 3 atom stereocenters. The largest absolute Gasteiger partial charge is 0.147 e. The number of aryl methyl sites for hydroxylation is 1. The minimum absolute atomic E-state index is 0. The first-order valence-corrected chi connectivity index (χ1v) is 32.4. The van der Waals surface area contributed by atoms with Gasteiger partial charge in [0.25, 0.3) is 0 Å². The smallest absolute Gasteiger partial charge is 0.147 e. The second-order valence-corrected chi connectivity index (χ2v) is 49.2. The summed E-state index contributed by atoms with van der Waals surface area (Å²) in [5.41, 5.74) is 19.4. The Kier molecular flexibility index (Phi) is 12.0. The van der Waals surface area contributed by atoms with E-state index >= 15 is 0 Å². The maximum atomic E-state index is 2.80. The molecule has 0 aromatic heterocycles. The molecule has 51 heavy (non-hydrogen) atoms. The molecule has 0 N–H and O–H groups in total. The van der Waals surface area contributed by atoms with Gasteiger partial charge in [-0.15, -0.1) is 24.8 Å². The number of hydrogen-bond donors (Lipinski definition) is 0. The average Bonchev–Trinajstić information content (AvgIpc) is 3.61. The van der Waals surface area contributed by atoms with E-state index in [0.29, 0.717) is 13.2 Å². The van der Waals surface area contributed by atoms with Crippen LogP contribution in [0.3, 0.4) is 0 Å². The third-order valence-corrected chi connectivity index (χ3v) is 29.6. The van der Waals surface area contributed by atoms with Crippen molar-refractivity contribution in [3.63, 3.8) is 0 Å². The summed E-state index contributed by atoms with van der Waals surface area (Å²) in [6.45, 7) is 26.0. The predicted molar refractivity (Wildman–Crippen MR) is 232 cm³/mol. The summed E-state index contributed by atoms with van der Waals surface area (Å²) in [6, 6.07) is 30.8. The van der Waals surface area contributed by atoms with Crippen LogP contribution in [0.1, 0.15) is 121 Å². The van der Waals surface area contributed by atoms with Gasteiger partial charge in [0.05, 0.1) is 0 Å². The SMILES string of the molecule is CCCC(C)C1=Cc2c(-c3ccc(C(C)(C)C)cc3)cccc2[CH]1[Zr]([CH3])([CH3])(=[SiH2])[CH]1C(C)=Cc2c(-c3ccc(C(C)(C)C)cc3)ccc(C)c21.Cl.Cl. The number of allylic oxidation sites excluding steroid dienone is 2. The van der Waals surface area contributed by atoms with E-state index in [0.717, 1.165) is 0 Å². The van der Waals surface area contributed by atoms with Gasteiger partial charge in [-0.1, -0.05) is 0 Å². The number of halogens is 2. The zero-order valence-corrected chi connectivity index (χ0v) is 38.8. The van der Waals surface area contributed by atoms with E-state index in [2.05, 4.69) is 176 Å². The Hall–Kier alpha value is -1.96. The minimum Gasteiger partial charge on any atom is -0.147 e. The van der Waals surface area contributed by atoms with Crippen molar-refractivity contribution in [3.05, 3.63) is 129 Å². The average molecular weight is 817 g/mol. The van der Waals surface area contributed by atoms with Crippen LogP contribution in [0.25, 0.3) is 34.4 Å². The number of benzene rings is 4. The molecular weight excluding hydrogens is 755 g/mol. The number of rotatable bonds is 7. The van der Waals surface area contributed by atoms with Crippen LogP contribution in [0.2, 0.25) is 9.26 Å². The van der Waals surface area contributed by atoms with Crippen molar-refractivity contribution in [1.82, 2.24) is 0 Å². The van der Waals surface area contributed by atoms with Crippen LogP contribution in [0.5, 0.6) is 0 Å². The van der Waals surface area contributed by atoms with Crippen LogP contribution < -0.4 is 0 Å². The normalized spacial score (nSPS) is 17.8. The summed E-state index contributed by atoms with van der Waals surface area (Å²) in [5, 5.41) is 0. The molecule has 0 amide bonds. The van der Waals surface area contributed by atoms with Gasteiger partial charge < -0.3 is 0 Å². The second kappa shape index (κ2) is 14.7. The maximum absolute atomic E-state index is 3.76. The minimum atomic E-state index is -3.76. The van der Waals surface area contributed by atoms with Gasteiger partial charge in [0.1, 0.15) is 0 Å². The van der Waals surface area contributed by atoms with Gasteiger partial charge in [-0.2, -0.15) is 0 Å². The fraction of sp³-hybridized carbons (Fsp3) is 0.404. The molecule has 4 aromatic rings. The Morgan fingerprint density at radius 2 is 1.18 bits per heavy atom. The first-order valence-electron chi connectivity index (χ1n) is 18.8. The molecule has 2 aliphatic carbocycles. The van der Waals surface area contributed by atoms with Crippen molar-refractivity contribution >= 4 is 43.8 Å². The molecule has 272 valence electrons. The van der Waals surface area contributed by atoms with Crippen LogP contribution in [0, 0.1) is 12.8 Å². The second-order valence-electron chi connectivity index (χ2n) is 18.7. The molecule has 0 bridgehead atoms. The molecule has 4 heteroatoms. The van der Waals surface area contributed by atoms with Crippen molar-refractivity contribution in [2.24, 2.45) is 5.92 Å². The van der Waals surface area contributed by atoms with Gasteiger partial charge >= 0.3 is 303 Å². The van der Waals surface area contributed by atoms with Crippen molar-refractivity contribution < 1.29 is 17.4 Å². The molecule has 0 fully saturated rings. The molecule has 0 nitrogen and oxygen atoms in total. The Morgan fingerprint density at radius 1 is 0.667 bits per heavy atom. The molecule has 6 rings (SSSR count). The number of fused-ring (bicyclic) bond motifs is 2. The fourth-order valence-electron chi connectivity index (χ4n) is 9.52. The molecule has 0 spiro atoms. The Bertz CT molecular complexity index is 2040. The molecule has 0 saturated heterocycles. The van der Waals surface area contributed by atoms with Crippen molar-refractivity contribution in [3.8, 4) is 22.3 Å². The van der Waals surface area contributed by atoms with E-state index in [1.54, 1.807) is 22.3 Å². The van der Waals surface area contributed by atoms with Gasteiger partial charge in [0, 0.05) is 0 Å². The van der Waals surface area contributed by atoms with Crippen LogP contribution in [-0.4, -0.2) is 6.88 Å². The van der Waals surface area contributed by atoms with Crippen molar-refractivity contribution in [1.29, 1.82) is 0 Å². The quantitative estimate of drug-likeness (QED) is 0.163. The molecule has 0 aliphatic heterocycles. The Balaban J connectivity index is 0.00000292. The standard InChI is InChI=1S/C24H29.C21H23.2CH3.2ClH.H2Si.Zr/c1-6-8-17(2)20-15-19-9-7-10-22(23(19)16-20)18-11-13-21(14-12-18)24(3,4)5;1-14-12-19-15(2)6-11-18(20(19)13-14)16-7-9-17(10-8-16)21(3,4)5;;;;;;/h7,9-17H,6,8H2,1-5H3;6-13H,1-5H3;2*1H3;2*1H;1H2;. The zero-order valence-electron chi connectivity index (χ0n) is 33.3. The summed E-state index contributed by atoms with van der Waals surface area (Å²) in [5.74, 6) is 0.565.